The fraction of sp³-hybridized carbons (Fsp3) is 0.385. The molecule has 3 rings (SSSR count). The van der Waals surface area contributed by atoms with Crippen molar-refractivity contribution in [2.24, 2.45) is 5.73 Å². The summed E-state index contributed by atoms with van der Waals surface area (Å²) in [5.74, 6) is 0. The van der Waals surface area contributed by atoms with Gasteiger partial charge in [-0.3, -0.25) is 0 Å². The van der Waals surface area contributed by atoms with E-state index in [1.807, 2.05) is 0 Å². The Labute approximate surface area is 99.7 Å². The van der Waals surface area contributed by atoms with Crippen molar-refractivity contribution >= 4 is 11.3 Å². The number of fused-ring (bicyclic) bond motifs is 1. The first kappa shape index (κ1) is 10.1. The van der Waals surface area contributed by atoms with Crippen molar-refractivity contribution in [2.75, 3.05) is 0 Å². The third-order valence-electron chi connectivity index (χ3n) is 3.41. The summed E-state index contributed by atoms with van der Waals surface area (Å²) in [4.78, 5) is 0. The molecule has 0 radical (unpaired) electrons. The van der Waals surface area contributed by atoms with Gasteiger partial charge in [-0.2, -0.15) is 11.3 Å². The molecule has 3 heteroatoms. The maximum Gasteiger partial charge on any atom is 0.0562 e. The lowest BCUT2D eigenvalue weighted by Crippen LogP contribution is -2.17. The number of hydrogen-bond acceptors (Lipinski definition) is 2. The van der Waals surface area contributed by atoms with E-state index in [4.69, 9.17) is 5.73 Å². The van der Waals surface area contributed by atoms with Crippen molar-refractivity contribution in [1.29, 1.82) is 0 Å². The third kappa shape index (κ3) is 1.43. The molecule has 2 N–H and O–H groups in total. The molecule has 1 atom stereocenters. The highest BCUT2D eigenvalue weighted by atomic mass is 32.1. The molecule has 1 aliphatic rings. The Hall–Kier alpha value is -1.06. The number of hydrogen-bond donors (Lipinski definition) is 1. The highest BCUT2D eigenvalue weighted by Crippen LogP contribution is 2.33. The van der Waals surface area contributed by atoms with Crippen LogP contribution in [-0.4, -0.2) is 4.57 Å². The minimum atomic E-state index is 0.238. The molecular formula is C13H16N2S. The predicted molar refractivity (Wildman–Crippen MR) is 68.2 cm³/mol. The van der Waals surface area contributed by atoms with Crippen LogP contribution in [-0.2, 0) is 6.42 Å². The molecule has 2 aromatic rings. The molecule has 0 saturated carbocycles. The van der Waals surface area contributed by atoms with Gasteiger partial charge in [0, 0.05) is 22.8 Å². The van der Waals surface area contributed by atoms with Crippen LogP contribution in [0.15, 0.2) is 22.9 Å². The summed E-state index contributed by atoms with van der Waals surface area (Å²) in [5.41, 5.74) is 11.5. The number of nitrogens with two attached hydrogens (primary N) is 1. The SMILES string of the molecule is Cc1cc2c(n1-c1ccsc1)CCCC2N. The van der Waals surface area contributed by atoms with Crippen molar-refractivity contribution in [3.8, 4) is 5.69 Å². The fourth-order valence-electron chi connectivity index (χ4n) is 2.68. The van der Waals surface area contributed by atoms with E-state index in [1.165, 1.54) is 29.1 Å². The van der Waals surface area contributed by atoms with Crippen molar-refractivity contribution < 1.29 is 0 Å². The summed E-state index contributed by atoms with van der Waals surface area (Å²) in [7, 11) is 0. The van der Waals surface area contributed by atoms with Crippen molar-refractivity contribution in [1.82, 2.24) is 4.57 Å². The summed E-state index contributed by atoms with van der Waals surface area (Å²) in [6.07, 6.45) is 3.49. The van der Waals surface area contributed by atoms with Gasteiger partial charge < -0.3 is 10.3 Å². The first-order valence-electron chi connectivity index (χ1n) is 5.76. The number of nitrogens with zero attached hydrogens (tertiary/aromatic N) is 1. The Balaban J connectivity index is 2.19. The molecular weight excluding hydrogens is 216 g/mol. The van der Waals surface area contributed by atoms with Crippen LogP contribution in [0.1, 0.15) is 35.8 Å². The topological polar surface area (TPSA) is 30.9 Å². The van der Waals surface area contributed by atoms with Gasteiger partial charge in [0.05, 0.1) is 5.69 Å². The normalized spacial score (nSPS) is 19.8. The van der Waals surface area contributed by atoms with Crippen LogP contribution in [0.25, 0.3) is 5.69 Å². The number of aryl methyl sites for hydroxylation is 1. The maximum atomic E-state index is 6.17. The highest BCUT2D eigenvalue weighted by Gasteiger charge is 2.22. The van der Waals surface area contributed by atoms with Gasteiger partial charge in [0.1, 0.15) is 0 Å². The van der Waals surface area contributed by atoms with Gasteiger partial charge in [-0.25, -0.2) is 0 Å². The van der Waals surface area contributed by atoms with Crippen LogP contribution in [0.4, 0.5) is 0 Å². The molecule has 1 aliphatic carbocycles. The molecule has 1 unspecified atom stereocenters. The van der Waals surface area contributed by atoms with Crippen LogP contribution in [0.5, 0.6) is 0 Å². The van der Waals surface area contributed by atoms with Crippen molar-refractivity contribution in [3.05, 3.63) is 39.8 Å². The molecule has 2 aromatic heterocycles. The van der Waals surface area contributed by atoms with E-state index in [9.17, 15) is 0 Å². The lowest BCUT2D eigenvalue weighted by molar-refractivity contribution is 0.560. The standard InChI is InChI=1S/C13H16N2S/c1-9-7-11-12(14)3-2-4-13(11)15(9)10-5-6-16-8-10/h5-8,12H,2-4,14H2,1H3. The van der Waals surface area contributed by atoms with Gasteiger partial charge in [-0.15, -0.1) is 0 Å². The van der Waals surface area contributed by atoms with Crippen molar-refractivity contribution in [3.63, 3.8) is 0 Å². The zero-order chi connectivity index (χ0) is 11.1. The average Bonchev–Trinajstić information content (AvgIpc) is 2.85. The third-order valence-corrected chi connectivity index (χ3v) is 4.08. The summed E-state index contributed by atoms with van der Waals surface area (Å²) in [6.45, 7) is 2.17. The van der Waals surface area contributed by atoms with E-state index in [1.54, 1.807) is 11.3 Å². The maximum absolute atomic E-state index is 6.17. The van der Waals surface area contributed by atoms with Crippen LogP contribution in [0.3, 0.4) is 0 Å². The molecule has 0 aromatic carbocycles. The first-order valence-corrected chi connectivity index (χ1v) is 6.71. The minimum Gasteiger partial charge on any atom is -0.324 e. The summed E-state index contributed by atoms with van der Waals surface area (Å²) >= 11 is 1.75. The zero-order valence-corrected chi connectivity index (χ0v) is 10.3. The first-order chi connectivity index (χ1) is 7.77. The van der Waals surface area contributed by atoms with Crippen molar-refractivity contribution in [2.45, 2.75) is 32.2 Å². The second kappa shape index (κ2) is 3.75. The van der Waals surface area contributed by atoms with Gasteiger partial charge in [0.2, 0.25) is 0 Å². The van der Waals surface area contributed by atoms with E-state index in [0.717, 1.165) is 12.8 Å². The summed E-state index contributed by atoms with van der Waals surface area (Å²) in [5, 5.41) is 4.33. The largest absolute Gasteiger partial charge is 0.324 e. The van der Waals surface area contributed by atoms with Gasteiger partial charge in [0.15, 0.2) is 0 Å². The van der Waals surface area contributed by atoms with E-state index in [2.05, 4.69) is 34.4 Å². The lowest BCUT2D eigenvalue weighted by atomic mass is 9.93. The molecule has 0 saturated heterocycles. The van der Waals surface area contributed by atoms with Gasteiger partial charge in [-0.05, 0) is 49.3 Å². The Morgan fingerprint density at radius 3 is 3.12 bits per heavy atom. The summed E-state index contributed by atoms with van der Waals surface area (Å²) in [6, 6.07) is 4.68. The molecule has 0 aliphatic heterocycles. The number of aromatic nitrogens is 1. The second-order valence-corrected chi connectivity index (χ2v) is 5.28. The highest BCUT2D eigenvalue weighted by molar-refractivity contribution is 7.08. The van der Waals surface area contributed by atoms with E-state index < -0.39 is 0 Å². The number of thiophene rings is 1. The van der Waals surface area contributed by atoms with E-state index in [0.29, 0.717) is 0 Å². The predicted octanol–water partition coefficient (Wildman–Crippen LogP) is 3.18. The van der Waals surface area contributed by atoms with Crippen LogP contribution in [0.2, 0.25) is 0 Å². The van der Waals surface area contributed by atoms with E-state index in [-0.39, 0.29) is 6.04 Å². The molecule has 0 spiro atoms. The average molecular weight is 232 g/mol. The zero-order valence-electron chi connectivity index (χ0n) is 9.44. The molecule has 2 heterocycles. The lowest BCUT2D eigenvalue weighted by Gasteiger charge is -2.20. The van der Waals surface area contributed by atoms with Gasteiger partial charge >= 0.3 is 0 Å². The van der Waals surface area contributed by atoms with Crippen LogP contribution >= 0.6 is 11.3 Å². The van der Waals surface area contributed by atoms with Crippen LogP contribution in [0, 0.1) is 6.92 Å². The Morgan fingerprint density at radius 2 is 2.38 bits per heavy atom. The quantitative estimate of drug-likeness (QED) is 0.804. The molecule has 84 valence electrons. The molecule has 0 amide bonds. The minimum absolute atomic E-state index is 0.238. The van der Waals surface area contributed by atoms with Gasteiger partial charge in [0.25, 0.3) is 0 Å². The molecule has 16 heavy (non-hydrogen) atoms. The van der Waals surface area contributed by atoms with Crippen LogP contribution < -0.4 is 5.73 Å². The fourth-order valence-corrected chi connectivity index (χ4v) is 3.30. The smallest absolute Gasteiger partial charge is 0.0562 e. The monoisotopic (exact) mass is 232 g/mol. The summed E-state index contributed by atoms with van der Waals surface area (Å²) < 4.78 is 2.37. The molecule has 0 bridgehead atoms. The van der Waals surface area contributed by atoms with Gasteiger partial charge in [-0.1, -0.05) is 0 Å². The molecule has 2 nitrogen and oxygen atoms in total. The number of rotatable bonds is 1. The van der Waals surface area contributed by atoms with E-state index >= 15 is 0 Å². The Morgan fingerprint density at radius 1 is 1.50 bits per heavy atom. The Bertz CT molecular complexity index is 496. The second-order valence-electron chi connectivity index (χ2n) is 4.50. The Kier molecular flexibility index (Phi) is 2.37. The molecule has 0 fully saturated rings.